The highest BCUT2D eigenvalue weighted by Crippen LogP contribution is 2.46. The summed E-state index contributed by atoms with van der Waals surface area (Å²) >= 11 is 0. The first kappa shape index (κ1) is 22.7. The summed E-state index contributed by atoms with van der Waals surface area (Å²) in [5.41, 5.74) is 2.27. The summed E-state index contributed by atoms with van der Waals surface area (Å²) in [5.74, 6) is -0.434. The predicted octanol–water partition coefficient (Wildman–Crippen LogP) is 5.53. The summed E-state index contributed by atoms with van der Waals surface area (Å²) in [4.78, 5) is 12.2. The van der Waals surface area contributed by atoms with E-state index in [9.17, 15) is 30.8 Å². The lowest BCUT2D eigenvalue weighted by atomic mass is 9.78. The number of benzene rings is 3. The molecule has 0 radical (unpaired) electrons. The van der Waals surface area contributed by atoms with Gasteiger partial charge in [-0.1, -0.05) is 30.3 Å². The number of nitrogens with zero attached hydrogens (tertiary/aromatic N) is 1. The van der Waals surface area contributed by atoms with Crippen molar-refractivity contribution in [3.8, 4) is 11.1 Å². The average molecular weight is 489 g/mol. The molecule has 0 aliphatic carbocycles. The predicted molar refractivity (Wildman–Crippen MR) is 117 cm³/mol. The second kappa shape index (κ2) is 8.02. The number of alkyl halides is 3. The molecule has 2 aliphatic rings. The molecule has 3 aromatic carbocycles. The Morgan fingerprint density at radius 2 is 1.53 bits per heavy atom. The van der Waals surface area contributed by atoms with Gasteiger partial charge in [0.1, 0.15) is 11.6 Å². The van der Waals surface area contributed by atoms with E-state index in [1.165, 1.54) is 16.4 Å². The Morgan fingerprint density at radius 1 is 0.853 bits per heavy atom. The zero-order chi connectivity index (χ0) is 24.3. The monoisotopic (exact) mass is 489 g/mol. The topological polar surface area (TPSA) is 54.5 Å². The van der Waals surface area contributed by atoms with Gasteiger partial charge in [-0.05, 0) is 65.1 Å². The van der Waals surface area contributed by atoms with Crippen LogP contribution in [0.15, 0.2) is 71.6 Å². The first-order chi connectivity index (χ1) is 16.1. The molecule has 2 bridgehead atoms. The van der Waals surface area contributed by atoms with Crippen LogP contribution in [0.4, 0.5) is 17.6 Å². The smallest absolute Gasteiger partial charge is 0.300 e. The molecule has 5 rings (SSSR count). The zero-order valence-corrected chi connectivity index (χ0v) is 18.5. The third-order valence-corrected chi connectivity index (χ3v) is 8.45. The average Bonchev–Trinajstić information content (AvgIpc) is 2.78. The van der Waals surface area contributed by atoms with Gasteiger partial charge in [0.15, 0.2) is 0 Å². The van der Waals surface area contributed by atoms with Crippen molar-refractivity contribution in [3.05, 3.63) is 89.2 Å². The second-order valence-corrected chi connectivity index (χ2v) is 10.4. The molecule has 0 aromatic heterocycles. The fourth-order valence-electron chi connectivity index (χ4n) is 4.99. The largest absolute Gasteiger partial charge is 0.416 e. The number of ketones is 1. The third kappa shape index (κ3) is 3.82. The van der Waals surface area contributed by atoms with Gasteiger partial charge in [-0.25, -0.2) is 12.8 Å². The lowest BCUT2D eigenvalue weighted by Gasteiger charge is -2.45. The van der Waals surface area contributed by atoms with Crippen LogP contribution in [-0.2, 0) is 27.4 Å². The number of hydrogen-bond donors (Lipinski definition) is 0. The van der Waals surface area contributed by atoms with Gasteiger partial charge in [0.25, 0.3) is 0 Å². The molecule has 9 heteroatoms. The van der Waals surface area contributed by atoms with Crippen molar-refractivity contribution in [1.29, 1.82) is 0 Å². The zero-order valence-electron chi connectivity index (χ0n) is 17.7. The Bertz CT molecular complexity index is 1370. The van der Waals surface area contributed by atoms with E-state index in [0.29, 0.717) is 5.56 Å². The van der Waals surface area contributed by atoms with Gasteiger partial charge in [-0.15, -0.1) is 0 Å². The molecule has 0 amide bonds. The summed E-state index contributed by atoms with van der Waals surface area (Å²) in [6.45, 7) is 0. The van der Waals surface area contributed by atoms with Crippen molar-refractivity contribution in [1.82, 2.24) is 4.31 Å². The molecule has 1 saturated heterocycles. The van der Waals surface area contributed by atoms with Gasteiger partial charge < -0.3 is 0 Å². The molecule has 176 valence electrons. The Hall–Kier alpha value is -3.04. The molecule has 0 saturated carbocycles. The summed E-state index contributed by atoms with van der Waals surface area (Å²) < 4.78 is 80.7. The molecule has 4 nitrogen and oxygen atoms in total. The van der Waals surface area contributed by atoms with Crippen molar-refractivity contribution < 1.29 is 30.8 Å². The number of halogens is 4. The molecule has 0 N–H and O–H groups in total. The molecular formula is C25H19F4NO3S. The highest BCUT2D eigenvalue weighted by molar-refractivity contribution is 7.89. The lowest BCUT2D eigenvalue weighted by Crippen LogP contribution is -2.52. The third-order valence-electron chi connectivity index (χ3n) is 6.47. The SMILES string of the molecule is O=C1CC2Cc3c(-c4ccc(F)cc4)cccc3[C@H](C1)N2S(=O)(=O)c1ccc(C(F)(F)F)cc1. The molecule has 3 aromatic rings. The van der Waals surface area contributed by atoms with Crippen LogP contribution in [0, 0.1) is 5.82 Å². The number of carbonyl (C=O) groups is 1. The fourth-order valence-corrected chi connectivity index (χ4v) is 6.78. The van der Waals surface area contributed by atoms with Crippen LogP contribution in [0.5, 0.6) is 0 Å². The van der Waals surface area contributed by atoms with E-state index in [4.69, 9.17) is 0 Å². The Labute approximate surface area is 193 Å². The maximum Gasteiger partial charge on any atom is 0.416 e. The first-order valence-electron chi connectivity index (χ1n) is 10.7. The van der Waals surface area contributed by atoms with E-state index in [1.807, 2.05) is 6.07 Å². The van der Waals surface area contributed by atoms with E-state index in [0.717, 1.165) is 41.0 Å². The molecule has 1 unspecified atom stereocenters. The normalized spacial score (nSPS) is 20.8. The van der Waals surface area contributed by atoms with Crippen LogP contribution in [0.3, 0.4) is 0 Å². The van der Waals surface area contributed by atoms with E-state index in [1.54, 1.807) is 24.3 Å². The molecule has 1 fully saturated rings. The number of Topliss-reactive ketones (excluding diaryl/α,β-unsaturated/α-hetero) is 1. The van der Waals surface area contributed by atoms with Crippen LogP contribution in [0.1, 0.15) is 35.6 Å². The van der Waals surface area contributed by atoms with Crippen LogP contribution in [0.25, 0.3) is 11.1 Å². The maximum atomic E-state index is 13.6. The van der Waals surface area contributed by atoms with Gasteiger partial charge >= 0.3 is 6.18 Å². The first-order valence-corrected chi connectivity index (χ1v) is 12.1. The molecule has 2 atom stereocenters. The van der Waals surface area contributed by atoms with Gasteiger partial charge in [-0.2, -0.15) is 17.5 Å². The standard InChI is InChI=1S/C25H19F4NO3S/c26-17-8-4-15(5-9-17)21-2-1-3-22-23(21)13-18-12-19(31)14-24(22)30(18)34(32,33)20-10-6-16(7-11-20)25(27,28)29/h1-11,18,24H,12-14H2/t18?,24-/m0/s1. The number of piperidine rings is 1. The van der Waals surface area contributed by atoms with Crippen molar-refractivity contribution in [3.63, 3.8) is 0 Å². The highest BCUT2D eigenvalue weighted by Gasteiger charge is 2.47. The van der Waals surface area contributed by atoms with Gasteiger partial charge in [0.2, 0.25) is 10.0 Å². The number of sulfonamides is 1. The molecule has 34 heavy (non-hydrogen) atoms. The Balaban J connectivity index is 1.59. The van der Waals surface area contributed by atoms with Gasteiger partial charge in [0, 0.05) is 18.9 Å². The van der Waals surface area contributed by atoms with Gasteiger partial charge in [0.05, 0.1) is 16.5 Å². The number of rotatable bonds is 3. The minimum Gasteiger partial charge on any atom is -0.300 e. The van der Waals surface area contributed by atoms with Crippen LogP contribution >= 0.6 is 0 Å². The van der Waals surface area contributed by atoms with Gasteiger partial charge in [-0.3, -0.25) is 4.79 Å². The fraction of sp³-hybridized carbons (Fsp3) is 0.240. The maximum absolute atomic E-state index is 13.6. The summed E-state index contributed by atoms with van der Waals surface area (Å²) in [6, 6.07) is 13.4. The molecular weight excluding hydrogens is 470 g/mol. The van der Waals surface area contributed by atoms with Crippen LogP contribution < -0.4 is 0 Å². The van der Waals surface area contributed by atoms with Crippen molar-refractivity contribution >= 4 is 15.8 Å². The van der Waals surface area contributed by atoms with Crippen molar-refractivity contribution in [2.75, 3.05) is 0 Å². The highest BCUT2D eigenvalue weighted by atomic mass is 32.2. The van der Waals surface area contributed by atoms with Crippen LogP contribution in [0.2, 0.25) is 0 Å². The van der Waals surface area contributed by atoms with Crippen molar-refractivity contribution in [2.24, 2.45) is 0 Å². The Morgan fingerprint density at radius 3 is 2.18 bits per heavy atom. The van der Waals surface area contributed by atoms with Crippen molar-refractivity contribution in [2.45, 2.75) is 42.4 Å². The van der Waals surface area contributed by atoms with Crippen LogP contribution in [-0.4, -0.2) is 24.5 Å². The number of fused-ring (bicyclic) bond motifs is 4. The minimum absolute atomic E-state index is 0.0176. The van der Waals surface area contributed by atoms with E-state index < -0.39 is 33.8 Å². The summed E-state index contributed by atoms with van der Waals surface area (Å²) in [6.07, 6.45) is -4.30. The van der Waals surface area contributed by atoms with E-state index in [-0.39, 0.29) is 35.8 Å². The lowest BCUT2D eigenvalue weighted by molar-refractivity contribution is -0.137. The Kier molecular flexibility index (Phi) is 5.37. The molecule has 2 heterocycles. The number of carbonyl (C=O) groups excluding carboxylic acids is 1. The molecule has 0 spiro atoms. The van der Waals surface area contributed by atoms with E-state index >= 15 is 0 Å². The minimum atomic E-state index is -4.58. The quantitative estimate of drug-likeness (QED) is 0.455. The second-order valence-electron chi connectivity index (χ2n) is 8.56. The molecule has 2 aliphatic heterocycles. The number of hydrogen-bond acceptors (Lipinski definition) is 3. The summed E-state index contributed by atoms with van der Waals surface area (Å²) in [7, 11) is -4.17. The van der Waals surface area contributed by atoms with E-state index in [2.05, 4.69) is 0 Å². The summed E-state index contributed by atoms with van der Waals surface area (Å²) in [5, 5.41) is 0.